The molecular weight excluding hydrogens is 396 g/mol. The molecule has 2 atom stereocenters. The number of methoxy groups -OCH3 is 1. The molecule has 0 bridgehead atoms. The number of anilines is 1. The van der Waals surface area contributed by atoms with Crippen molar-refractivity contribution < 1.29 is 22.8 Å². The lowest BCUT2D eigenvalue weighted by molar-refractivity contribution is 0.102. The molecule has 30 heavy (non-hydrogen) atoms. The van der Waals surface area contributed by atoms with Crippen LogP contribution in [-0.4, -0.2) is 38.7 Å². The van der Waals surface area contributed by atoms with Crippen LogP contribution in [0.1, 0.15) is 28.7 Å². The number of nitrogens with zero attached hydrogens (tertiary/aromatic N) is 4. The van der Waals surface area contributed by atoms with Gasteiger partial charge < -0.3 is 14.6 Å². The van der Waals surface area contributed by atoms with Crippen molar-refractivity contribution in [3.8, 4) is 17.1 Å². The number of pyridine rings is 1. The number of aromatic nitrogens is 4. The zero-order chi connectivity index (χ0) is 20.8. The third-order valence-corrected chi connectivity index (χ3v) is 4.91. The highest BCUT2D eigenvalue weighted by Crippen LogP contribution is 2.43. The van der Waals surface area contributed by atoms with Crippen LogP contribution in [0.2, 0.25) is 0 Å². The van der Waals surface area contributed by atoms with Gasteiger partial charge in [0.25, 0.3) is 5.91 Å². The summed E-state index contributed by atoms with van der Waals surface area (Å²) in [4.78, 5) is 21.0. The van der Waals surface area contributed by atoms with Gasteiger partial charge in [-0.25, -0.2) is 13.8 Å². The Morgan fingerprint density at radius 2 is 2.20 bits per heavy atom. The van der Waals surface area contributed by atoms with Gasteiger partial charge in [0.2, 0.25) is 11.7 Å². The van der Waals surface area contributed by atoms with E-state index in [9.17, 15) is 9.18 Å². The number of amides is 1. The lowest BCUT2D eigenvalue weighted by atomic mass is 10.1. The van der Waals surface area contributed by atoms with Crippen molar-refractivity contribution in [3.63, 3.8) is 0 Å². The van der Waals surface area contributed by atoms with Crippen LogP contribution in [0.3, 0.4) is 0 Å². The van der Waals surface area contributed by atoms with Gasteiger partial charge in [-0.2, -0.15) is 4.98 Å². The topological polar surface area (TPSA) is 94.6 Å². The van der Waals surface area contributed by atoms with E-state index in [1.54, 1.807) is 28.8 Å². The summed E-state index contributed by atoms with van der Waals surface area (Å²) >= 11 is 0. The lowest BCUT2D eigenvalue weighted by Gasteiger charge is -2.08. The minimum absolute atomic E-state index is 0.000374. The van der Waals surface area contributed by atoms with E-state index in [1.807, 2.05) is 0 Å². The number of imidazole rings is 1. The summed E-state index contributed by atoms with van der Waals surface area (Å²) in [5.41, 5.74) is 0.727. The molecule has 1 amide bonds. The van der Waals surface area contributed by atoms with Crippen LogP contribution in [0, 0.1) is 5.82 Å². The number of hydrogen-bond acceptors (Lipinski definition) is 6. The Morgan fingerprint density at radius 1 is 1.37 bits per heavy atom. The lowest BCUT2D eigenvalue weighted by Crippen LogP contribution is -2.15. The largest absolute Gasteiger partial charge is 0.497 e. The van der Waals surface area contributed by atoms with Crippen LogP contribution in [-0.2, 0) is 0 Å². The van der Waals surface area contributed by atoms with Crippen LogP contribution >= 0.6 is 0 Å². The normalized spacial score (nSPS) is 17.8. The molecule has 1 aromatic carbocycles. The molecule has 0 spiro atoms. The molecule has 3 aromatic heterocycles. The molecule has 1 aliphatic rings. The first kappa shape index (κ1) is 18.2. The maximum atomic E-state index is 15.0. The highest BCUT2D eigenvalue weighted by atomic mass is 19.1. The Bertz CT molecular complexity index is 1270. The molecule has 1 saturated carbocycles. The van der Waals surface area contributed by atoms with Gasteiger partial charge in [-0.1, -0.05) is 11.2 Å². The fraction of sp³-hybridized carbons (Fsp3) is 0.200. The minimum atomic E-state index is -1.00. The third-order valence-electron chi connectivity index (χ3n) is 4.91. The van der Waals surface area contributed by atoms with E-state index >= 15 is 4.39 Å². The van der Waals surface area contributed by atoms with Gasteiger partial charge in [0.05, 0.1) is 30.5 Å². The van der Waals surface area contributed by atoms with Crippen LogP contribution < -0.4 is 10.1 Å². The van der Waals surface area contributed by atoms with Gasteiger partial charge in [0.1, 0.15) is 23.3 Å². The number of benzene rings is 1. The van der Waals surface area contributed by atoms with Crippen molar-refractivity contribution in [1.29, 1.82) is 0 Å². The number of alkyl halides is 1. The molecule has 4 aromatic rings. The molecule has 0 unspecified atom stereocenters. The van der Waals surface area contributed by atoms with Gasteiger partial charge in [0, 0.05) is 12.3 Å². The quantitative estimate of drug-likeness (QED) is 0.539. The minimum Gasteiger partial charge on any atom is -0.497 e. The predicted molar refractivity (Wildman–Crippen MR) is 102 cm³/mol. The first-order valence-electron chi connectivity index (χ1n) is 9.14. The van der Waals surface area contributed by atoms with Crippen LogP contribution in [0.15, 0.2) is 47.2 Å². The van der Waals surface area contributed by atoms with Gasteiger partial charge in [-0.15, -0.1) is 0 Å². The predicted octanol–water partition coefficient (Wildman–Crippen LogP) is 3.61. The Kier molecular flexibility index (Phi) is 4.19. The van der Waals surface area contributed by atoms with Gasteiger partial charge in [-0.3, -0.25) is 9.20 Å². The standard InChI is InChI=1S/C20H15F2N5O3/c1-29-10-5-6-27-15(9-23-16(27)7-10)19(28)24-14-4-2-3-11(17(14)22)18-25-20(30-26-18)12-8-13(12)21/h2-7,9,12-13H,8H2,1H3,(H,24,28)/t12-,13-/m0/s1. The second-order valence-electron chi connectivity index (χ2n) is 6.87. The fourth-order valence-electron chi connectivity index (χ4n) is 3.16. The summed E-state index contributed by atoms with van der Waals surface area (Å²) < 4.78 is 40.0. The molecule has 1 fully saturated rings. The van der Waals surface area contributed by atoms with E-state index in [4.69, 9.17) is 9.26 Å². The Labute approximate surface area is 168 Å². The van der Waals surface area contributed by atoms with Crippen LogP contribution in [0.4, 0.5) is 14.5 Å². The third kappa shape index (κ3) is 3.06. The van der Waals surface area contributed by atoms with Crippen molar-refractivity contribution in [3.05, 3.63) is 60.1 Å². The van der Waals surface area contributed by atoms with Gasteiger partial charge in [-0.05, 0) is 24.6 Å². The fourth-order valence-corrected chi connectivity index (χ4v) is 3.16. The molecule has 0 saturated heterocycles. The zero-order valence-corrected chi connectivity index (χ0v) is 15.7. The number of hydrogen-bond donors (Lipinski definition) is 1. The maximum absolute atomic E-state index is 15.0. The average molecular weight is 411 g/mol. The van der Waals surface area contributed by atoms with Crippen molar-refractivity contribution in [2.45, 2.75) is 18.5 Å². The Balaban J connectivity index is 1.42. The number of carbonyl (C=O) groups excluding carboxylic acids is 1. The number of nitrogens with one attached hydrogen (secondary N) is 1. The number of fused-ring (bicyclic) bond motifs is 1. The second kappa shape index (κ2) is 6.90. The summed E-state index contributed by atoms with van der Waals surface area (Å²) in [5.74, 6) is -0.946. The first-order valence-corrected chi connectivity index (χ1v) is 9.14. The Hall–Kier alpha value is -3.82. The molecule has 152 valence electrons. The number of rotatable bonds is 5. The Morgan fingerprint density at radius 3 is 2.97 bits per heavy atom. The molecule has 1 aliphatic carbocycles. The van der Waals surface area contributed by atoms with Crippen molar-refractivity contribution in [2.75, 3.05) is 12.4 Å². The van der Waals surface area contributed by atoms with Gasteiger partial charge >= 0.3 is 0 Å². The summed E-state index contributed by atoms with van der Waals surface area (Å²) in [5, 5.41) is 6.28. The molecule has 0 aliphatic heterocycles. The zero-order valence-electron chi connectivity index (χ0n) is 15.7. The smallest absolute Gasteiger partial charge is 0.274 e. The second-order valence-corrected chi connectivity index (χ2v) is 6.87. The summed E-state index contributed by atoms with van der Waals surface area (Å²) in [6.45, 7) is 0. The number of carbonyl (C=O) groups is 1. The average Bonchev–Trinajstić information content (AvgIpc) is 3.15. The first-order chi connectivity index (χ1) is 14.5. The number of ether oxygens (including phenoxy) is 1. The van der Waals surface area contributed by atoms with Crippen LogP contribution in [0.25, 0.3) is 17.0 Å². The maximum Gasteiger partial charge on any atom is 0.274 e. The van der Waals surface area contributed by atoms with Crippen molar-refractivity contribution in [1.82, 2.24) is 19.5 Å². The molecule has 3 heterocycles. The molecule has 5 rings (SSSR count). The summed E-state index contributed by atoms with van der Waals surface area (Å²) in [6, 6.07) is 7.79. The van der Waals surface area contributed by atoms with Crippen molar-refractivity contribution in [2.24, 2.45) is 0 Å². The highest BCUT2D eigenvalue weighted by Gasteiger charge is 2.43. The molecule has 8 nitrogen and oxygen atoms in total. The summed E-state index contributed by atoms with van der Waals surface area (Å²) in [7, 11) is 1.53. The van der Waals surface area contributed by atoms with Crippen molar-refractivity contribution >= 4 is 17.2 Å². The number of halogens is 2. The van der Waals surface area contributed by atoms with E-state index in [0.717, 1.165) is 0 Å². The van der Waals surface area contributed by atoms with Gasteiger partial charge in [0.15, 0.2) is 5.82 Å². The summed E-state index contributed by atoms with van der Waals surface area (Å²) in [6.07, 6.45) is 2.35. The molecule has 0 radical (unpaired) electrons. The molecular formula is C20H15F2N5O3. The monoisotopic (exact) mass is 411 g/mol. The SMILES string of the molecule is COc1ccn2c(C(=O)Nc3cccc(-c4noc([C@H]5C[C@@H]5F)n4)c3F)cnc2c1. The van der Waals surface area contributed by atoms with E-state index in [-0.39, 0.29) is 28.7 Å². The molecule has 10 heteroatoms. The van der Waals surface area contributed by atoms with E-state index in [2.05, 4.69) is 20.4 Å². The van der Waals surface area contributed by atoms with E-state index in [1.165, 1.54) is 25.4 Å². The highest BCUT2D eigenvalue weighted by molar-refractivity contribution is 6.03. The van der Waals surface area contributed by atoms with Crippen LogP contribution in [0.5, 0.6) is 5.75 Å². The van der Waals surface area contributed by atoms with E-state index < -0.39 is 23.8 Å². The van der Waals surface area contributed by atoms with E-state index in [0.29, 0.717) is 17.8 Å². The molecule has 1 N–H and O–H groups in total.